The largest absolute Gasteiger partial charge is 0.350 e. The highest BCUT2D eigenvalue weighted by atomic mass is 32.1. The van der Waals surface area contributed by atoms with Crippen molar-refractivity contribution in [3.05, 3.63) is 41.0 Å². The fourth-order valence-electron chi connectivity index (χ4n) is 3.95. The Labute approximate surface area is 197 Å². The summed E-state index contributed by atoms with van der Waals surface area (Å²) < 4.78 is 14.3. The fraction of sp³-hybridized carbons (Fsp3) is 0.500. The molecule has 0 bridgehead atoms. The molecule has 1 fully saturated rings. The highest BCUT2D eigenvalue weighted by Gasteiger charge is 2.44. The van der Waals surface area contributed by atoms with E-state index in [4.69, 9.17) is 0 Å². The van der Waals surface area contributed by atoms with Gasteiger partial charge in [-0.3, -0.25) is 14.4 Å². The predicted octanol–water partition coefficient (Wildman–Crippen LogP) is 3.22. The van der Waals surface area contributed by atoms with Crippen molar-refractivity contribution in [3.63, 3.8) is 0 Å². The Morgan fingerprint density at radius 3 is 2.45 bits per heavy atom. The maximum atomic E-state index is 14.3. The van der Waals surface area contributed by atoms with Gasteiger partial charge in [-0.15, -0.1) is 11.3 Å². The number of thiazole rings is 1. The third-order valence-electron chi connectivity index (χ3n) is 5.72. The molecule has 2 aromatic rings. The molecule has 3 rings (SSSR count). The average Bonchev–Trinajstić information content (AvgIpc) is 3.35. The van der Waals surface area contributed by atoms with Gasteiger partial charge in [0.05, 0.1) is 22.6 Å². The third-order valence-corrected chi connectivity index (χ3v) is 6.70. The Kier molecular flexibility index (Phi) is 7.51. The molecule has 0 saturated carbocycles. The van der Waals surface area contributed by atoms with Gasteiger partial charge in [-0.05, 0) is 23.5 Å². The van der Waals surface area contributed by atoms with E-state index in [9.17, 15) is 18.8 Å². The molecule has 3 atom stereocenters. The van der Waals surface area contributed by atoms with Crippen LogP contribution in [0.1, 0.15) is 45.4 Å². The fourth-order valence-corrected chi connectivity index (χ4v) is 4.77. The SMILES string of the molecule is CC(=O)N[C@H](C(=O)N1C[C@H](F)C[C@H]1C(=O)NCc1ccc(-c2scnc2C)cc1)C(C)(C)C. The summed E-state index contributed by atoms with van der Waals surface area (Å²) >= 11 is 1.57. The summed E-state index contributed by atoms with van der Waals surface area (Å²) in [7, 11) is 0. The van der Waals surface area contributed by atoms with E-state index in [-0.39, 0.29) is 25.4 Å². The molecule has 0 unspecified atom stereocenters. The number of nitrogens with zero attached hydrogens (tertiary/aromatic N) is 2. The number of nitrogens with one attached hydrogen (secondary N) is 2. The molecule has 0 radical (unpaired) electrons. The molecule has 3 amide bonds. The van der Waals surface area contributed by atoms with Gasteiger partial charge in [0.25, 0.3) is 0 Å². The van der Waals surface area contributed by atoms with Crippen LogP contribution in [0.5, 0.6) is 0 Å². The quantitative estimate of drug-likeness (QED) is 0.673. The van der Waals surface area contributed by atoms with Crippen molar-refractivity contribution < 1.29 is 18.8 Å². The van der Waals surface area contributed by atoms with Crippen molar-refractivity contribution in [2.75, 3.05) is 6.54 Å². The van der Waals surface area contributed by atoms with Gasteiger partial charge in [-0.25, -0.2) is 9.37 Å². The van der Waals surface area contributed by atoms with E-state index in [2.05, 4.69) is 15.6 Å². The maximum Gasteiger partial charge on any atom is 0.246 e. The molecule has 7 nitrogen and oxygen atoms in total. The molecule has 0 aliphatic carbocycles. The summed E-state index contributed by atoms with van der Waals surface area (Å²) in [5.41, 5.74) is 4.15. The molecule has 1 saturated heterocycles. The number of benzene rings is 1. The van der Waals surface area contributed by atoms with E-state index < -0.39 is 35.5 Å². The Balaban J connectivity index is 1.67. The Morgan fingerprint density at radius 1 is 1.24 bits per heavy atom. The average molecular weight is 475 g/mol. The van der Waals surface area contributed by atoms with Crippen molar-refractivity contribution in [2.24, 2.45) is 5.41 Å². The summed E-state index contributed by atoms with van der Waals surface area (Å²) in [6.07, 6.45) is -1.34. The summed E-state index contributed by atoms with van der Waals surface area (Å²) in [5.74, 6) is -1.19. The van der Waals surface area contributed by atoms with Crippen LogP contribution in [0.4, 0.5) is 4.39 Å². The van der Waals surface area contributed by atoms with Gasteiger partial charge in [0.2, 0.25) is 17.7 Å². The standard InChI is InChI=1S/C24H31FN4O3S/c1-14-20(33-13-27-14)17-8-6-16(7-9-17)11-26-22(31)19-10-18(25)12-29(19)23(32)21(24(3,4)5)28-15(2)30/h6-9,13,18-19,21H,10-12H2,1-5H3,(H,26,31)(H,28,30)/t18-,19+,21-/m1/s1. The van der Waals surface area contributed by atoms with Crippen LogP contribution in [0.2, 0.25) is 0 Å². The normalized spacial score (nSPS) is 19.3. The first-order valence-electron chi connectivity index (χ1n) is 11.0. The lowest BCUT2D eigenvalue weighted by atomic mass is 9.85. The summed E-state index contributed by atoms with van der Waals surface area (Å²) in [5, 5.41) is 5.50. The van der Waals surface area contributed by atoms with Gasteiger partial charge in [-0.2, -0.15) is 0 Å². The van der Waals surface area contributed by atoms with Crippen LogP contribution in [-0.2, 0) is 20.9 Å². The summed E-state index contributed by atoms with van der Waals surface area (Å²) in [4.78, 5) is 44.4. The minimum absolute atomic E-state index is 0.0574. The number of carbonyl (C=O) groups is 3. The number of alkyl halides is 1. The van der Waals surface area contributed by atoms with E-state index >= 15 is 0 Å². The number of aromatic nitrogens is 1. The van der Waals surface area contributed by atoms with Crippen LogP contribution in [-0.4, -0.2) is 52.4 Å². The highest BCUT2D eigenvalue weighted by Crippen LogP contribution is 2.28. The van der Waals surface area contributed by atoms with Crippen molar-refractivity contribution in [3.8, 4) is 10.4 Å². The Morgan fingerprint density at radius 2 is 1.91 bits per heavy atom. The molecular weight excluding hydrogens is 443 g/mol. The molecule has 9 heteroatoms. The number of rotatable bonds is 6. The predicted molar refractivity (Wildman–Crippen MR) is 126 cm³/mol. The number of carbonyl (C=O) groups excluding carboxylic acids is 3. The zero-order valence-electron chi connectivity index (χ0n) is 19.6. The minimum Gasteiger partial charge on any atom is -0.350 e. The molecule has 1 aliphatic heterocycles. The van der Waals surface area contributed by atoms with E-state index in [1.807, 2.05) is 57.5 Å². The molecule has 2 heterocycles. The molecule has 1 aliphatic rings. The van der Waals surface area contributed by atoms with Crippen molar-refractivity contribution >= 4 is 29.1 Å². The molecule has 33 heavy (non-hydrogen) atoms. The van der Waals surface area contributed by atoms with Gasteiger partial charge < -0.3 is 15.5 Å². The van der Waals surface area contributed by atoms with Crippen LogP contribution in [0.15, 0.2) is 29.8 Å². The Bertz CT molecular complexity index is 1020. The lowest BCUT2D eigenvalue weighted by molar-refractivity contribution is -0.143. The maximum absolute atomic E-state index is 14.3. The molecule has 178 valence electrons. The number of halogens is 1. The molecular formula is C24H31FN4O3S. The number of likely N-dealkylation sites (tertiary alicyclic amines) is 1. The van der Waals surface area contributed by atoms with Crippen molar-refractivity contribution in [1.29, 1.82) is 0 Å². The van der Waals surface area contributed by atoms with Gasteiger partial charge >= 0.3 is 0 Å². The highest BCUT2D eigenvalue weighted by molar-refractivity contribution is 7.13. The first-order chi connectivity index (χ1) is 15.5. The topological polar surface area (TPSA) is 91.4 Å². The second kappa shape index (κ2) is 9.99. The molecule has 1 aromatic carbocycles. The molecule has 2 N–H and O–H groups in total. The zero-order chi connectivity index (χ0) is 24.3. The number of hydrogen-bond donors (Lipinski definition) is 2. The number of amides is 3. The van der Waals surface area contributed by atoms with Gasteiger partial charge in [0.1, 0.15) is 18.3 Å². The smallest absolute Gasteiger partial charge is 0.246 e. The summed E-state index contributed by atoms with van der Waals surface area (Å²) in [6.45, 7) is 8.86. The van der Waals surface area contributed by atoms with Crippen LogP contribution in [0.25, 0.3) is 10.4 Å². The van der Waals surface area contributed by atoms with Crippen molar-refractivity contribution in [2.45, 2.75) is 65.8 Å². The van der Waals surface area contributed by atoms with Crippen LogP contribution >= 0.6 is 11.3 Å². The number of aryl methyl sites for hydroxylation is 1. The molecule has 1 aromatic heterocycles. The second-order valence-electron chi connectivity index (χ2n) is 9.52. The van der Waals surface area contributed by atoms with Crippen LogP contribution in [0, 0.1) is 12.3 Å². The lowest BCUT2D eigenvalue weighted by Crippen LogP contribution is -2.57. The van der Waals surface area contributed by atoms with E-state index in [0.29, 0.717) is 0 Å². The van der Waals surface area contributed by atoms with Gasteiger partial charge in [0, 0.05) is 19.9 Å². The first-order valence-corrected chi connectivity index (χ1v) is 11.8. The van der Waals surface area contributed by atoms with E-state index in [1.165, 1.54) is 11.8 Å². The minimum atomic E-state index is -1.29. The second-order valence-corrected chi connectivity index (χ2v) is 10.4. The van der Waals surface area contributed by atoms with Crippen LogP contribution in [0.3, 0.4) is 0 Å². The number of hydrogen-bond acceptors (Lipinski definition) is 5. The van der Waals surface area contributed by atoms with E-state index in [1.54, 1.807) is 11.3 Å². The first kappa shape index (κ1) is 24.8. The lowest BCUT2D eigenvalue weighted by Gasteiger charge is -2.35. The van der Waals surface area contributed by atoms with Gasteiger partial charge in [0.15, 0.2) is 0 Å². The zero-order valence-corrected chi connectivity index (χ0v) is 20.5. The molecule has 0 spiro atoms. The summed E-state index contributed by atoms with van der Waals surface area (Å²) in [6, 6.07) is 6.05. The van der Waals surface area contributed by atoms with Gasteiger partial charge in [-0.1, -0.05) is 45.0 Å². The monoisotopic (exact) mass is 474 g/mol. The van der Waals surface area contributed by atoms with Crippen LogP contribution < -0.4 is 10.6 Å². The third kappa shape index (κ3) is 5.96. The van der Waals surface area contributed by atoms with Crippen molar-refractivity contribution in [1.82, 2.24) is 20.5 Å². The Hall–Kier alpha value is -2.81. The van der Waals surface area contributed by atoms with E-state index in [0.717, 1.165) is 21.7 Å².